The summed E-state index contributed by atoms with van der Waals surface area (Å²) in [6.07, 6.45) is 6.98. The molecule has 2 aromatic rings. The molecule has 4 rings (SSSR count). The van der Waals surface area contributed by atoms with E-state index in [-0.39, 0.29) is 17.2 Å². The lowest BCUT2D eigenvalue weighted by atomic mass is 9.72. The van der Waals surface area contributed by atoms with Crippen molar-refractivity contribution in [3.05, 3.63) is 47.5 Å². The van der Waals surface area contributed by atoms with Crippen LogP contribution in [0.3, 0.4) is 0 Å². The molecule has 7 nitrogen and oxygen atoms in total. The number of carbonyl (C=O) groups excluding carboxylic acids is 2. The molecule has 154 valence electrons. The van der Waals surface area contributed by atoms with Crippen LogP contribution < -0.4 is 0 Å². The van der Waals surface area contributed by atoms with Crippen molar-refractivity contribution >= 4 is 11.8 Å². The third-order valence-corrected chi connectivity index (χ3v) is 6.44. The number of rotatable bonds is 4. The quantitative estimate of drug-likeness (QED) is 0.797. The molecule has 0 atom stereocenters. The van der Waals surface area contributed by atoms with Gasteiger partial charge in [-0.15, -0.1) is 0 Å². The summed E-state index contributed by atoms with van der Waals surface area (Å²) >= 11 is 0. The highest BCUT2D eigenvalue weighted by molar-refractivity contribution is 5.77. The summed E-state index contributed by atoms with van der Waals surface area (Å²) in [6, 6.07) is 5.93. The lowest BCUT2D eigenvalue weighted by Gasteiger charge is -2.47. The average molecular weight is 396 g/mol. The highest BCUT2D eigenvalue weighted by Gasteiger charge is 2.41. The van der Waals surface area contributed by atoms with Crippen LogP contribution >= 0.6 is 0 Å². The van der Waals surface area contributed by atoms with E-state index in [2.05, 4.69) is 10.1 Å². The minimum atomic E-state index is 0.131. The van der Waals surface area contributed by atoms with E-state index in [1.54, 1.807) is 17.1 Å². The van der Waals surface area contributed by atoms with E-state index in [1.165, 1.54) is 0 Å². The van der Waals surface area contributed by atoms with Crippen LogP contribution in [0.1, 0.15) is 42.6 Å². The first-order valence-corrected chi connectivity index (χ1v) is 10.4. The maximum atomic E-state index is 12.8. The maximum Gasteiger partial charge on any atom is 0.244 e. The van der Waals surface area contributed by atoms with E-state index in [0.717, 1.165) is 55.8 Å². The van der Waals surface area contributed by atoms with Crippen molar-refractivity contribution in [2.24, 2.45) is 5.41 Å². The Balaban J connectivity index is 1.35. The standard InChI is InChI=1S/C22H29N5O2/c1-17-13-18(2)27(24-17)15-21(29)25-11-7-22(8-12-25)6-3-20(28)26(16-22)14-19-4-9-23-10-5-19/h4-5,9-10,13H,3,6-8,11-12,14-16H2,1-2H3. The molecule has 0 bridgehead atoms. The lowest BCUT2D eigenvalue weighted by Crippen LogP contribution is -2.52. The van der Waals surface area contributed by atoms with Crippen molar-refractivity contribution < 1.29 is 9.59 Å². The molecule has 0 radical (unpaired) electrons. The Kier molecular flexibility index (Phi) is 5.39. The summed E-state index contributed by atoms with van der Waals surface area (Å²) in [5, 5.41) is 4.41. The van der Waals surface area contributed by atoms with Gasteiger partial charge in [0.25, 0.3) is 0 Å². The fourth-order valence-electron chi connectivity index (χ4n) is 4.66. The van der Waals surface area contributed by atoms with Crippen molar-refractivity contribution in [2.75, 3.05) is 19.6 Å². The SMILES string of the molecule is Cc1cc(C)n(CC(=O)N2CCC3(CCC(=O)N(Cc4ccncc4)C3)CC2)n1. The number of aryl methyl sites for hydroxylation is 2. The van der Waals surface area contributed by atoms with Gasteiger partial charge in [0, 0.05) is 50.7 Å². The molecule has 1 spiro atoms. The second kappa shape index (κ2) is 7.97. The number of likely N-dealkylation sites (tertiary alicyclic amines) is 2. The molecule has 4 heterocycles. The number of carbonyl (C=O) groups is 2. The highest BCUT2D eigenvalue weighted by Crippen LogP contribution is 2.40. The third-order valence-electron chi connectivity index (χ3n) is 6.44. The maximum absolute atomic E-state index is 12.8. The normalized spacial score (nSPS) is 19.0. The van der Waals surface area contributed by atoms with Crippen molar-refractivity contribution in [3.8, 4) is 0 Å². The van der Waals surface area contributed by atoms with E-state index in [1.807, 2.05) is 41.8 Å². The minimum Gasteiger partial charge on any atom is -0.341 e. The van der Waals surface area contributed by atoms with Crippen LogP contribution in [-0.2, 0) is 22.7 Å². The smallest absolute Gasteiger partial charge is 0.244 e. The molecule has 2 fully saturated rings. The molecule has 0 aromatic carbocycles. The third kappa shape index (κ3) is 4.33. The molecule has 2 aliphatic heterocycles. The van der Waals surface area contributed by atoms with Crippen molar-refractivity contribution in [1.82, 2.24) is 24.6 Å². The van der Waals surface area contributed by atoms with Gasteiger partial charge >= 0.3 is 0 Å². The number of nitrogens with zero attached hydrogens (tertiary/aromatic N) is 5. The Labute approximate surface area is 171 Å². The van der Waals surface area contributed by atoms with Crippen LogP contribution in [0.25, 0.3) is 0 Å². The summed E-state index contributed by atoms with van der Waals surface area (Å²) < 4.78 is 1.79. The Morgan fingerprint density at radius 1 is 1.14 bits per heavy atom. The van der Waals surface area contributed by atoms with Gasteiger partial charge in [-0.2, -0.15) is 5.10 Å². The molecule has 0 N–H and O–H groups in total. The fraction of sp³-hybridized carbons (Fsp3) is 0.545. The first kappa shape index (κ1) is 19.6. The molecule has 0 unspecified atom stereocenters. The number of aromatic nitrogens is 3. The average Bonchev–Trinajstić information content (AvgIpc) is 3.03. The van der Waals surface area contributed by atoms with E-state index < -0.39 is 0 Å². The van der Waals surface area contributed by atoms with Gasteiger partial charge in [-0.05, 0) is 62.3 Å². The zero-order valence-corrected chi connectivity index (χ0v) is 17.3. The Morgan fingerprint density at radius 3 is 2.52 bits per heavy atom. The van der Waals surface area contributed by atoms with Crippen LogP contribution in [0.4, 0.5) is 0 Å². The lowest BCUT2D eigenvalue weighted by molar-refractivity contribution is -0.143. The van der Waals surface area contributed by atoms with E-state index in [9.17, 15) is 9.59 Å². The van der Waals surface area contributed by atoms with Gasteiger partial charge < -0.3 is 9.80 Å². The van der Waals surface area contributed by atoms with Gasteiger partial charge in [-0.3, -0.25) is 19.3 Å². The second-order valence-electron chi connectivity index (χ2n) is 8.57. The fourth-order valence-corrected chi connectivity index (χ4v) is 4.66. The summed E-state index contributed by atoms with van der Waals surface area (Å²) in [4.78, 5) is 33.2. The molecule has 7 heteroatoms. The predicted molar refractivity (Wildman–Crippen MR) is 109 cm³/mol. The molecule has 2 amide bonds. The van der Waals surface area contributed by atoms with Crippen LogP contribution in [0.5, 0.6) is 0 Å². The Hall–Kier alpha value is -2.70. The summed E-state index contributed by atoms with van der Waals surface area (Å²) in [5.74, 6) is 0.363. The minimum absolute atomic E-state index is 0.131. The van der Waals surface area contributed by atoms with Crippen LogP contribution in [0.2, 0.25) is 0 Å². The largest absolute Gasteiger partial charge is 0.341 e. The summed E-state index contributed by atoms with van der Waals surface area (Å²) in [7, 11) is 0. The first-order chi connectivity index (χ1) is 13.9. The van der Waals surface area contributed by atoms with E-state index >= 15 is 0 Å². The monoisotopic (exact) mass is 395 g/mol. The topological polar surface area (TPSA) is 71.3 Å². The molecular formula is C22H29N5O2. The number of piperidine rings is 2. The predicted octanol–water partition coefficient (Wildman–Crippen LogP) is 2.33. The van der Waals surface area contributed by atoms with Gasteiger partial charge in [0.2, 0.25) is 11.8 Å². The summed E-state index contributed by atoms with van der Waals surface area (Å²) in [6.45, 7) is 7.18. The molecule has 0 saturated carbocycles. The number of hydrogen-bond acceptors (Lipinski definition) is 4. The van der Waals surface area contributed by atoms with Crippen molar-refractivity contribution in [2.45, 2.75) is 52.6 Å². The highest BCUT2D eigenvalue weighted by atomic mass is 16.2. The van der Waals surface area contributed by atoms with Gasteiger partial charge in [-0.1, -0.05) is 0 Å². The first-order valence-electron chi connectivity index (χ1n) is 10.4. The zero-order valence-electron chi connectivity index (χ0n) is 17.3. The number of hydrogen-bond donors (Lipinski definition) is 0. The van der Waals surface area contributed by atoms with Gasteiger partial charge in [0.05, 0.1) is 5.69 Å². The Morgan fingerprint density at radius 2 is 1.86 bits per heavy atom. The van der Waals surface area contributed by atoms with E-state index in [4.69, 9.17) is 0 Å². The molecule has 29 heavy (non-hydrogen) atoms. The molecule has 0 aliphatic carbocycles. The number of pyridine rings is 1. The Bertz CT molecular complexity index is 884. The molecule has 2 aromatic heterocycles. The van der Waals surface area contributed by atoms with Gasteiger partial charge in [0.1, 0.15) is 6.54 Å². The molecular weight excluding hydrogens is 366 g/mol. The van der Waals surface area contributed by atoms with Gasteiger partial charge in [-0.25, -0.2) is 0 Å². The molecule has 2 saturated heterocycles. The van der Waals surface area contributed by atoms with Crippen molar-refractivity contribution in [1.29, 1.82) is 0 Å². The second-order valence-corrected chi connectivity index (χ2v) is 8.57. The zero-order chi connectivity index (χ0) is 20.4. The summed E-state index contributed by atoms with van der Waals surface area (Å²) in [5.41, 5.74) is 3.20. The van der Waals surface area contributed by atoms with Crippen LogP contribution in [0, 0.1) is 19.3 Å². The van der Waals surface area contributed by atoms with Crippen LogP contribution in [-0.4, -0.2) is 56.0 Å². The van der Waals surface area contributed by atoms with Crippen LogP contribution in [0.15, 0.2) is 30.6 Å². The van der Waals surface area contributed by atoms with E-state index in [0.29, 0.717) is 19.5 Å². The van der Waals surface area contributed by atoms with Crippen molar-refractivity contribution in [3.63, 3.8) is 0 Å². The number of amides is 2. The van der Waals surface area contributed by atoms with Gasteiger partial charge in [0.15, 0.2) is 0 Å². The molecule has 2 aliphatic rings.